The average Bonchev–Trinajstić information content (AvgIpc) is 2.43. The van der Waals surface area contributed by atoms with E-state index in [1.807, 2.05) is 13.8 Å². The lowest BCUT2D eigenvalue weighted by atomic mass is 9.81. The zero-order valence-corrected chi connectivity index (χ0v) is 13.5. The van der Waals surface area contributed by atoms with Crippen molar-refractivity contribution in [1.82, 2.24) is 10.6 Å². The highest BCUT2D eigenvalue weighted by atomic mass is 16.4. The van der Waals surface area contributed by atoms with Gasteiger partial charge in [0.2, 0.25) is 0 Å². The van der Waals surface area contributed by atoms with Crippen molar-refractivity contribution < 1.29 is 14.7 Å². The molecule has 21 heavy (non-hydrogen) atoms. The van der Waals surface area contributed by atoms with Crippen LogP contribution in [0.15, 0.2) is 0 Å². The standard InChI is InChI=1S/C16H30N2O3/c1-4-12(3)14(15(19)20)18-16(21)17-9-8-13-7-5-6-11(2)10-13/h11-14H,4-10H2,1-3H3,(H,19,20)(H2,17,18,21). The number of carboxylic acid groups (broad SMARTS) is 1. The number of hydrogen-bond donors (Lipinski definition) is 3. The monoisotopic (exact) mass is 298 g/mol. The molecule has 0 radical (unpaired) electrons. The van der Waals surface area contributed by atoms with Gasteiger partial charge in [-0.2, -0.15) is 0 Å². The predicted molar refractivity (Wildman–Crippen MR) is 83.2 cm³/mol. The molecule has 5 nitrogen and oxygen atoms in total. The van der Waals surface area contributed by atoms with Gasteiger partial charge in [0, 0.05) is 6.54 Å². The molecule has 0 aromatic carbocycles. The van der Waals surface area contributed by atoms with Crippen molar-refractivity contribution in [3.05, 3.63) is 0 Å². The number of carbonyl (C=O) groups is 2. The van der Waals surface area contributed by atoms with Crippen molar-refractivity contribution in [2.45, 2.75) is 65.3 Å². The quantitative estimate of drug-likeness (QED) is 0.676. The highest BCUT2D eigenvalue weighted by Crippen LogP contribution is 2.30. The summed E-state index contributed by atoms with van der Waals surface area (Å²) < 4.78 is 0. The summed E-state index contributed by atoms with van der Waals surface area (Å²) in [4.78, 5) is 22.9. The van der Waals surface area contributed by atoms with Crippen LogP contribution in [-0.2, 0) is 4.79 Å². The van der Waals surface area contributed by atoms with Gasteiger partial charge in [-0.3, -0.25) is 0 Å². The molecule has 1 rings (SSSR count). The Morgan fingerprint density at radius 2 is 2.05 bits per heavy atom. The van der Waals surface area contributed by atoms with E-state index in [1.165, 1.54) is 25.7 Å². The zero-order chi connectivity index (χ0) is 15.8. The van der Waals surface area contributed by atoms with Gasteiger partial charge in [-0.25, -0.2) is 9.59 Å². The van der Waals surface area contributed by atoms with Crippen LogP contribution in [0, 0.1) is 17.8 Å². The first-order valence-electron chi connectivity index (χ1n) is 8.21. The Balaban J connectivity index is 2.27. The summed E-state index contributed by atoms with van der Waals surface area (Å²) in [6, 6.07) is -1.18. The summed E-state index contributed by atoms with van der Waals surface area (Å²) in [7, 11) is 0. The van der Waals surface area contributed by atoms with E-state index < -0.39 is 12.0 Å². The number of nitrogens with one attached hydrogen (secondary N) is 2. The Hall–Kier alpha value is -1.26. The molecular formula is C16H30N2O3. The molecule has 0 aliphatic heterocycles. The SMILES string of the molecule is CCC(C)C(NC(=O)NCCC1CCCC(C)C1)C(=O)O. The molecule has 1 fully saturated rings. The molecule has 1 aliphatic carbocycles. The Bertz CT molecular complexity index is 346. The first kappa shape index (κ1) is 17.8. The van der Waals surface area contributed by atoms with Crippen LogP contribution in [0.2, 0.25) is 0 Å². The van der Waals surface area contributed by atoms with Gasteiger partial charge in [-0.15, -0.1) is 0 Å². The summed E-state index contributed by atoms with van der Waals surface area (Å²) in [6.07, 6.45) is 6.80. The van der Waals surface area contributed by atoms with E-state index in [4.69, 9.17) is 5.11 Å². The Morgan fingerprint density at radius 1 is 1.33 bits per heavy atom. The normalized spacial score (nSPS) is 24.9. The first-order valence-corrected chi connectivity index (χ1v) is 8.21. The van der Waals surface area contributed by atoms with Crippen molar-refractivity contribution in [2.24, 2.45) is 17.8 Å². The van der Waals surface area contributed by atoms with Gasteiger partial charge in [0.05, 0.1) is 0 Å². The lowest BCUT2D eigenvalue weighted by Gasteiger charge is -2.27. The van der Waals surface area contributed by atoms with E-state index in [9.17, 15) is 9.59 Å². The topological polar surface area (TPSA) is 78.4 Å². The van der Waals surface area contributed by atoms with Gasteiger partial charge >= 0.3 is 12.0 Å². The second-order valence-electron chi connectivity index (χ2n) is 6.53. The van der Waals surface area contributed by atoms with Crippen LogP contribution in [0.3, 0.4) is 0 Å². The molecule has 0 aromatic heterocycles. The molecule has 5 heteroatoms. The minimum Gasteiger partial charge on any atom is -0.480 e. The molecule has 2 amide bonds. The lowest BCUT2D eigenvalue weighted by Crippen LogP contribution is -2.49. The fourth-order valence-electron chi connectivity index (χ4n) is 3.09. The largest absolute Gasteiger partial charge is 0.480 e. The maximum Gasteiger partial charge on any atom is 0.326 e. The molecule has 0 spiro atoms. The number of carboxylic acids is 1. The highest BCUT2D eigenvalue weighted by molar-refractivity contribution is 5.82. The lowest BCUT2D eigenvalue weighted by molar-refractivity contribution is -0.140. The molecular weight excluding hydrogens is 268 g/mol. The van der Waals surface area contributed by atoms with Crippen molar-refractivity contribution in [2.75, 3.05) is 6.54 Å². The molecule has 4 atom stereocenters. The van der Waals surface area contributed by atoms with Gasteiger partial charge in [0.25, 0.3) is 0 Å². The van der Waals surface area contributed by atoms with Crippen LogP contribution >= 0.6 is 0 Å². The molecule has 0 aromatic rings. The van der Waals surface area contributed by atoms with E-state index >= 15 is 0 Å². The molecule has 3 N–H and O–H groups in total. The summed E-state index contributed by atoms with van der Waals surface area (Å²) in [5.41, 5.74) is 0. The van der Waals surface area contributed by atoms with Crippen molar-refractivity contribution in [3.8, 4) is 0 Å². The third-order valence-electron chi connectivity index (χ3n) is 4.65. The number of rotatable bonds is 7. The van der Waals surface area contributed by atoms with E-state index in [1.54, 1.807) is 0 Å². The smallest absolute Gasteiger partial charge is 0.326 e. The minimum atomic E-state index is -0.972. The van der Waals surface area contributed by atoms with Gasteiger partial charge in [0.15, 0.2) is 0 Å². The summed E-state index contributed by atoms with van der Waals surface area (Å²) in [5, 5.41) is 14.5. The van der Waals surface area contributed by atoms with Crippen LogP contribution in [0.1, 0.15) is 59.3 Å². The summed E-state index contributed by atoms with van der Waals surface area (Å²) in [6.45, 7) is 6.67. The molecule has 122 valence electrons. The second kappa shape index (κ2) is 8.90. The van der Waals surface area contributed by atoms with E-state index in [-0.39, 0.29) is 11.9 Å². The molecule has 4 unspecified atom stereocenters. The zero-order valence-electron chi connectivity index (χ0n) is 13.5. The number of hydrogen-bond acceptors (Lipinski definition) is 2. The van der Waals surface area contributed by atoms with Gasteiger partial charge in [0.1, 0.15) is 6.04 Å². The third kappa shape index (κ3) is 6.36. The first-order chi connectivity index (χ1) is 9.93. The Labute approximate surface area is 127 Å². The van der Waals surface area contributed by atoms with Crippen LogP contribution in [-0.4, -0.2) is 29.7 Å². The van der Waals surface area contributed by atoms with Crippen LogP contribution < -0.4 is 10.6 Å². The molecule has 0 saturated heterocycles. The fraction of sp³-hybridized carbons (Fsp3) is 0.875. The maximum absolute atomic E-state index is 11.8. The average molecular weight is 298 g/mol. The summed E-state index contributed by atoms with van der Waals surface area (Å²) in [5.74, 6) is 0.436. The van der Waals surface area contributed by atoms with Crippen LogP contribution in [0.25, 0.3) is 0 Å². The van der Waals surface area contributed by atoms with Crippen molar-refractivity contribution >= 4 is 12.0 Å². The van der Waals surface area contributed by atoms with Crippen molar-refractivity contribution in [3.63, 3.8) is 0 Å². The highest BCUT2D eigenvalue weighted by Gasteiger charge is 2.25. The predicted octanol–water partition coefficient (Wildman–Crippen LogP) is 3.00. The number of urea groups is 1. The molecule has 1 aliphatic rings. The van der Waals surface area contributed by atoms with E-state index in [0.29, 0.717) is 12.5 Å². The number of aliphatic carboxylic acids is 1. The third-order valence-corrected chi connectivity index (χ3v) is 4.65. The van der Waals surface area contributed by atoms with Crippen molar-refractivity contribution in [1.29, 1.82) is 0 Å². The number of amides is 2. The van der Waals surface area contributed by atoms with Gasteiger partial charge in [-0.1, -0.05) is 46.5 Å². The summed E-state index contributed by atoms with van der Waals surface area (Å²) >= 11 is 0. The minimum absolute atomic E-state index is 0.0764. The Kier molecular flexibility index (Phi) is 7.54. The van der Waals surface area contributed by atoms with E-state index in [0.717, 1.165) is 18.8 Å². The second-order valence-corrected chi connectivity index (χ2v) is 6.53. The molecule has 1 saturated carbocycles. The Morgan fingerprint density at radius 3 is 2.62 bits per heavy atom. The van der Waals surface area contributed by atoms with Gasteiger partial charge < -0.3 is 15.7 Å². The van der Waals surface area contributed by atoms with Gasteiger partial charge in [-0.05, 0) is 30.6 Å². The maximum atomic E-state index is 11.8. The van der Waals surface area contributed by atoms with E-state index in [2.05, 4.69) is 17.6 Å². The van der Waals surface area contributed by atoms with Crippen LogP contribution in [0.5, 0.6) is 0 Å². The fourth-order valence-corrected chi connectivity index (χ4v) is 3.09. The number of carbonyl (C=O) groups excluding carboxylic acids is 1. The molecule has 0 bridgehead atoms. The van der Waals surface area contributed by atoms with Crippen LogP contribution in [0.4, 0.5) is 4.79 Å². The molecule has 0 heterocycles.